The number of carbonyl (C=O) groups is 2. The fraction of sp³-hybridized carbons (Fsp3) is 0.800. The summed E-state index contributed by atoms with van der Waals surface area (Å²) in [6.45, 7) is 4.00. The Hall–Kier alpha value is -0.850. The predicted molar refractivity (Wildman–Crippen MR) is 68.1 cm³/mol. The molecule has 0 bridgehead atoms. The van der Waals surface area contributed by atoms with Crippen LogP contribution in [0.15, 0.2) is 0 Å². The van der Waals surface area contributed by atoms with Crippen LogP contribution in [0.1, 0.15) is 19.8 Å². The van der Waals surface area contributed by atoms with Crippen LogP contribution in [0.3, 0.4) is 0 Å². The second kappa shape index (κ2) is 8.27. The molecule has 0 spiro atoms. The first-order chi connectivity index (χ1) is 7.67. The second-order valence-corrected chi connectivity index (χ2v) is 3.91. The van der Waals surface area contributed by atoms with Gasteiger partial charge in [0.1, 0.15) is 0 Å². The molecule has 1 rings (SSSR count). The van der Waals surface area contributed by atoms with E-state index in [9.17, 15) is 9.59 Å². The van der Waals surface area contributed by atoms with Gasteiger partial charge in [-0.3, -0.25) is 15.0 Å². The molecule has 0 aromatic rings. The van der Waals surface area contributed by atoms with E-state index in [2.05, 4.69) is 10.6 Å². The van der Waals surface area contributed by atoms with Crippen LogP contribution in [-0.4, -0.2) is 49.1 Å². The lowest BCUT2D eigenvalue weighted by molar-refractivity contribution is -0.121. The molecule has 1 aliphatic heterocycles. The predicted octanol–water partition coefficient (Wildman–Crippen LogP) is -0.323. The van der Waals surface area contributed by atoms with Crippen molar-refractivity contribution >= 4 is 24.3 Å². The van der Waals surface area contributed by atoms with Gasteiger partial charge in [0.25, 0.3) is 0 Å². The maximum atomic E-state index is 11.5. The Bertz CT molecular complexity index is 263. The lowest BCUT2D eigenvalue weighted by Crippen LogP contribution is -2.46. The van der Waals surface area contributed by atoms with Gasteiger partial charge < -0.3 is 11.1 Å². The van der Waals surface area contributed by atoms with E-state index in [1.54, 1.807) is 6.92 Å². The highest BCUT2D eigenvalue weighted by Crippen LogP contribution is 2.14. The number of hydrogen-bond acceptors (Lipinski definition) is 4. The Morgan fingerprint density at radius 3 is 2.76 bits per heavy atom. The van der Waals surface area contributed by atoms with Crippen molar-refractivity contribution in [2.45, 2.75) is 25.8 Å². The van der Waals surface area contributed by atoms with E-state index in [0.29, 0.717) is 13.1 Å². The summed E-state index contributed by atoms with van der Waals surface area (Å²) in [5, 5.41) is 4.79. The minimum Gasteiger partial charge on any atom is -0.338 e. The molecule has 1 heterocycles. The van der Waals surface area contributed by atoms with Crippen molar-refractivity contribution in [3.05, 3.63) is 0 Å². The summed E-state index contributed by atoms with van der Waals surface area (Å²) in [4.78, 5) is 24.6. The summed E-state index contributed by atoms with van der Waals surface area (Å²) in [5.41, 5.74) is 5.60. The minimum absolute atomic E-state index is 0. The van der Waals surface area contributed by atoms with E-state index in [0.717, 1.165) is 19.4 Å². The molecule has 4 N–H and O–H groups in total. The van der Waals surface area contributed by atoms with Crippen LogP contribution in [0.5, 0.6) is 0 Å². The molecule has 6 nitrogen and oxygen atoms in total. The zero-order valence-electron chi connectivity index (χ0n) is 10.1. The molecule has 0 aromatic heterocycles. The van der Waals surface area contributed by atoms with Gasteiger partial charge >= 0.3 is 6.03 Å². The topological polar surface area (TPSA) is 87.5 Å². The van der Waals surface area contributed by atoms with E-state index >= 15 is 0 Å². The van der Waals surface area contributed by atoms with Crippen LogP contribution in [0.2, 0.25) is 0 Å². The molecule has 1 atom stereocenters. The second-order valence-electron chi connectivity index (χ2n) is 3.91. The van der Waals surface area contributed by atoms with E-state index < -0.39 is 6.03 Å². The summed E-state index contributed by atoms with van der Waals surface area (Å²) in [6, 6.07) is -0.156. The Kier molecular flexibility index (Phi) is 7.86. The van der Waals surface area contributed by atoms with Crippen LogP contribution < -0.4 is 16.4 Å². The number of amides is 3. The summed E-state index contributed by atoms with van der Waals surface area (Å²) in [5.74, 6) is -0.272. The van der Waals surface area contributed by atoms with Gasteiger partial charge in [0.15, 0.2) is 0 Å². The van der Waals surface area contributed by atoms with E-state index in [1.807, 2.05) is 4.90 Å². The first-order valence-corrected chi connectivity index (χ1v) is 5.69. The number of likely N-dealkylation sites (tertiary alicyclic amines) is 1. The maximum Gasteiger partial charge on any atom is 0.321 e. The van der Waals surface area contributed by atoms with Crippen LogP contribution in [0.25, 0.3) is 0 Å². The number of carbonyl (C=O) groups excluding carboxylic acids is 2. The number of urea groups is 1. The largest absolute Gasteiger partial charge is 0.338 e. The molecular formula is C10H21ClN4O2. The first-order valence-electron chi connectivity index (χ1n) is 5.69. The highest BCUT2D eigenvalue weighted by molar-refractivity contribution is 5.95. The Morgan fingerprint density at radius 1 is 1.47 bits per heavy atom. The lowest BCUT2D eigenvalue weighted by Gasteiger charge is -2.21. The van der Waals surface area contributed by atoms with Crippen LogP contribution >= 0.6 is 12.4 Å². The number of nitrogens with one attached hydrogen (secondary N) is 2. The van der Waals surface area contributed by atoms with Gasteiger partial charge in [0.2, 0.25) is 5.91 Å². The van der Waals surface area contributed by atoms with Crippen molar-refractivity contribution in [1.29, 1.82) is 0 Å². The number of imide groups is 1. The molecule has 7 heteroatoms. The van der Waals surface area contributed by atoms with Crippen LogP contribution in [0, 0.1) is 0 Å². The number of halogens is 1. The van der Waals surface area contributed by atoms with Gasteiger partial charge in [-0.15, -0.1) is 12.4 Å². The SMILES string of the molecule is CCNC(=O)NC(=O)CN1CCCC1CN.Cl. The van der Waals surface area contributed by atoms with E-state index in [4.69, 9.17) is 5.73 Å². The van der Waals surface area contributed by atoms with Gasteiger partial charge in [-0.05, 0) is 26.3 Å². The zero-order valence-corrected chi connectivity index (χ0v) is 10.9. The number of nitrogens with two attached hydrogens (primary N) is 1. The molecule has 3 amide bonds. The molecular weight excluding hydrogens is 244 g/mol. The smallest absolute Gasteiger partial charge is 0.321 e. The first kappa shape index (κ1) is 16.1. The lowest BCUT2D eigenvalue weighted by atomic mass is 10.2. The van der Waals surface area contributed by atoms with Gasteiger partial charge in [0.05, 0.1) is 6.54 Å². The molecule has 17 heavy (non-hydrogen) atoms. The maximum absolute atomic E-state index is 11.5. The van der Waals surface area contributed by atoms with Crippen molar-refractivity contribution in [2.24, 2.45) is 5.73 Å². The average Bonchev–Trinajstić information content (AvgIpc) is 2.65. The highest BCUT2D eigenvalue weighted by atomic mass is 35.5. The summed E-state index contributed by atoms with van der Waals surface area (Å²) >= 11 is 0. The quantitative estimate of drug-likeness (QED) is 0.649. The third-order valence-electron chi connectivity index (χ3n) is 2.71. The normalized spacial score (nSPS) is 19.5. The van der Waals surface area contributed by atoms with Crippen molar-refractivity contribution in [2.75, 3.05) is 26.2 Å². The Labute approximate surface area is 108 Å². The number of rotatable bonds is 4. The van der Waals surface area contributed by atoms with E-state index in [-0.39, 0.29) is 30.9 Å². The summed E-state index contributed by atoms with van der Waals surface area (Å²) in [6.07, 6.45) is 2.10. The molecule has 1 saturated heterocycles. The summed E-state index contributed by atoms with van der Waals surface area (Å²) in [7, 11) is 0. The standard InChI is InChI=1S/C10H20N4O2.ClH/c1-2-12-10(16)13-9(15)7-14-5-3-4-8(14)6-11;/h8H,2-7,11H2,1H3,(H2,12,13,15,16);1H. The van der Waals surface area contributed by atoms with Crippen molar-refractivity contribution in [3.8, 4) is 0 Å². The van der Waals surface area contributed by atoms with Gasteiger partial charge in [0, 0.05) is 19.1 Å². The fourth-order valence-electron chi connectivity index (χ4n) is 1.93. The molecule has 0 aromatic carbocycles. The molecule has 0 saturated carbocycles. The van der Waals surface area contributed by atoms with Gasteiger partial charge in [-0.25, -0.2) is 4.79 Å². The molecule has 0 aliphatic carbocycles. The highest BCUT2D eigenvalue weighted by Gasteiger charge is 2.25. The average molecular weight is 265 g/mol. The molecule has 1 fully saturated rings. The Balaban J connectivity index is 0.00000256. The Morgan fingerprint density at radius 2 is 2.18 bits per heavy atom. The van der Waals surface area contributed by atoms with Crippen LogP contribution in [-0.2, 0) is 4.79 Å². The molecule has 0 radical (unpaired) electrons. The molecule has 1 aliphatic rings. The van der Waals surface area contributed by atoms with Crippen molar-refractivity contribution < 1.29 is 9.59 Å². The third-order valence-corrected chi connectivity index (χ3v) is 2.71. The van der Waals surface area contributed by atoms with Gasteiger partial charge in [-0.1, -0.05) is 0 Å². The van der Waals surface area contributed by atoms with Gasteiger partial charge in [-0.2, -0.15) is 0 Å². The molecule has 100 valence electrons. The summed E-state index contributed by atoms with van der Waals surface area (Å²) < 4.78 is 0. The zero-order chi connectivity index (χ0) is 12.0. The van der Waals surface area contributed by atoms with Crippen molar-refractivity contribution in [1.82, 2.24) is 15.5 Å². The number of hydrogen-bond donors (Lipinski definition) is 3. The minimum atomic E-state index is -0.434. The van der Waals surface area contributed by atoms with Crippen LogP contribution in [0.4, 0.5) is 4.79 Å². The number of nitrogens with zero attached hydrogens (tertiary/aromatic N) is 1. The third kappa shape index (κ3) is 5.34. The van der Waals surface area contributed by atoms with Crippen molar-refractivity contribution in [3.63, 3.8) is 0 Å². The van der Waals surface area contributed by atoms with E-state index in [1.165, 1.54) is 0 Å². The fourth-order valence-corrected chi connectivity index (χ4v) is 1.93. The monoisotopic (exact) mass is 264 g/mol. The molecule has 1 unspecified atom stereocenters.